The lowest BCUT2D eigenvalue weighted by Crippen LogP contribution is -2.36. The molecule has 2 aromatic rings. The summed E-state index contributed by atoms with van der Waals surface area (Å²) in [5.74, 6) is -0.557. The van der Waals surface area contributed by atoms with Crippen LogP contribution in [0.25, 0.3) is 10.2 Å². The van der Waals surface area contributed by atoms with E-state index >= 15 is 0 Å². The van der Waals surface area contributed by atoms with Gasteiger partial charge in [-0.25, -0.2) is 9.78 Å². The van der Waals surface area contributed by atoms with Crippen molar-refractivity contribution in [2.75, 3.05) is 25.1 Å². The first-order chi connectivity index (χ1) is 11.3. The molecular weight excluding hydrogens is 345 g/mol. The number of anilines is 1. The molecular formula is C15H15F3N2O3S. The molecule has 1 N–H and O–H groups in total. The maximum absolute atomic E-state index is 13.4. The van der Waals surface area contributed by atoms with Gasteiger partial charge in [0.1, 0.15) is 5.82 Å². The number of pyridine rings is 1. The van der Waals surface area contributed by atoms with E-state index in [0.29, 0.717) is 25.9 Å². The van der Waals surface area contributed by atoms with E-state index in [1.54, 1.807) is 4.90 Å². The van der Waals surface area contributed by atoms with Gasteiger partial charge in [0, 0.05) is 18.5 Å². The summed E-state index contributed by atoms with van der Waals surface area (Å²) >= 11 is 0.825. The molecule has 0 aromatic carbocycles. The van der Waals surface area contributed by atoms with Crippen molar-refractivity contribution in [3.05, 3.63) is 22.6 Å². The standard InChI is InChI=1S/C15H15F3N2O3S/c1-23-14(22)9-7-24-13-10(15(16,17)18)6-11(19-12(9)13)20-4-2-8(21)3-5-20/h6-8,21H,2-5H2,1H3. The number of carbonyl (C=O) groups excluding carboxylic acids is 1. The van der Waals surface area contributed by atoms with E-state index in [0.717, 1.165) is 17.4 Å². The summed E-state index contributed by atoms with van der Waals surface area (Å²) in [7, 11) is 1.17. The van der Waals surface area contributed by atoms with Crippen LogP contribution in [0.4, 0.5) is 19.0 Å². The van der Waals surface area contributed by atoms with E-state index in [1.807, 2.05) is 0 Å². The molecule has 0 radical (unpaired) electrons. The first-order valence-corrected chi connectivity index (χ1v) is 8.20. The Morgan fingerprint density at radius 1 is 1.42 bits per heavy atom. The zero-order valence-corrected chi connectivity index (χ0v) is 13.6. The van der Waals surface area contributed by atoms with E-state index in [9.17, 15) is 23.1 Å². The van der Waals surface area contributed by atoms with Gasteiger partial charge in [0.25, 0.3) is 0 Å². The summed E-state index contributed by atoms with van der Waals surface area (Å²) in [5.41, 5.74) is -0.779. The number of rotatable bonds is 2. The highest BCUT2D eigenvalue weighted by atomic mass is 32.1. The molecule has 24 heavy (non-hydrogen) atoms. The van der Waals surface area contributed by atoms with Crippen LogP contribution < -0.4 is 4.90 Å². The van der Waals surface area contributed by atoms with E-state index in [4.69, 9.17) is 0 Å². The molecule has 3 heterocycles. The molecule has 5 nitrogen and oxygen atoms in total. The fourth-order valence-corrected chi connectivity index (χ4v) is 3.73. The normalized spacial score (nSPS) is 16.6. The van der Waals surface area contributed by atoms with Crippen molar-refractivity contribution in [3.63, 3.8) is 0 Å². The predicted octanol–water partition coefficient (Wildman–Crippen LogP) is 3.06. The first kappa shape index (κ1) is 17.0. The van der Waals surface area contributed by atoms with Crippen LogP contribution in [0.15, 0.2) is 11.4 Å². The van der Waals surface area contributed by atoms with Crippen LogP contribution in [0.3, 0.4) is 0 Å². The number of nitrogens with zero attached hydrogens (tertiary/aromatic N) is 2. The van der Waals surface area contributed by atoms with Crippen LogP contribution in [0.5, 0.6) is 0 Å². The van der Waals surface area contributed by atoms with Gasteiger partial charge < -0.3 is 14.7 Å². The molecule has 0 bridgehead atoms. The largest absolute Gasteiger partial charge is 0.465 e. The van der Waals surface area contributed by atoms with Crippen molar-refractivity contribution < 1.29 is 27.8 Å². The Balaban J connectivity index is 2.14. The van der Waals surface area contributed by atoms with Crippen molar-refractivity contribution in [1.29, 1.82) is 0 Å². The molecule has 1 fully saturated rings. The maximum atomic E-state index is 13.4. The minimum absolute atomic E-state index is 0.00259. The van der Waals surface area contributed by atoms with Gasteiger partial charge in [-0.05, 0) is 18.9 Å². The Labute approximate surface area is 139 Å². The van der Waals surface area contributed by atoms with Gasteiger partial charge in [-0.3, -0.25) is 0 Å². The number of aliphatic hydroxyl groups is 1. The number of halogens is 3. The minimum atomic E-state index is -4.55. The smallest absolute Gasteiger partial charge is 0.417 e. The van der Waals surface area contributed by atoms with Gasteiger partial charge in [-0.1, -0.05) is 0 Å². The number of carbonyl (C=O) groups is 1. The fourth-order valence-electron chi connectivity index (χ4n) is 2.72. The quantitative estimate of drug-likeness (QED) is 0.834. The van der Waals surface area contributed by atoms with E-state index in [2.05, 4.69) is 9.72 Å². The zero-order valence-electron chi connectivity index (χ0n) is 12.8. The molecule has 0 atom stereocenters. The lowest BCUT2D eigenvalue weighted by atomic mass is 10.1. The Hall–Kier alpha value is -1.87. The van der Waals surface area contributed by atoms with Crippen LogP contribution in [-0.2, 0) is 10.9 Å². The number of piperidine rings is 1. The molecule has 0 amide bonds. The van der Waals surface area contributed by atoms with Gasteiger partial charge in [0.2, 0.25) is 0 Å². The summed E-state index contributed by atoms with van der Waals surface area (Å²) in [6.45, 7) is 0.823. The maximum Gasteiger partial charge on any atom is 0.417 e. The van der Waals surface area contributed by atoms with Crippen molar-refractivity contribution in [2.45, 2.75) is 25.1 Å². The zero-order chi connectivity index (χ0) is 17.5. The molecule has 0 spiro atoms. The summed E-state index contributed by atoms with van der Waals surface area (Å²) in [6.07, 6.45) is -4.06. The van der Waals surface area contributed by atoms with Gasteiger partial charge in [-0.2, -0.15) is 13.2 Å². The molecule has 130 valence electrons. The number of aliphatic hydroxyl groups excluding tert-OH is 1. The molecule has 9 heteroatoms. The molecule has 0 unspecified atom stereocenters. The average Bonchev–Trinajstić information content (AvgIpc) is 2.96. The molecule has 2 aromatic heterocycles. The van der Waals surface area contributed by atoms with Crippen molar-refractivity contribution >= 4 is 33.3 Å². The molecule has 1 saturated heterocycles. The summed E-state index contributed by atoms with van der Waals surface area (Å²) < 4.78 is 44.8. The monoisotopic (exact) mass is 360 g/mol. The number of thiophene rings is 1. The highest BCUT2D eigenvalue weighted by Crippen LogP contribution is 2.40. The van der Waals surface area contributed by atoms with Gasteiger partial charge in [0.15, 0.2) is 0 Å². The number of hydrogen-bond acceptors (Lipinski definition) is 6. The lowest BCUT2D eigenvalue weighted by molar-refractivity contribution is -0.136. The topological polar surface area (TPSA) is 62.7 Å². The second kappa shape index (κ2) is 6.21. The lowest BCUT2D eigenvalue weighted by Gasteiger charge is -2.31. The van der Waals surface area contributed by atoms with Crippen LogP contribution in [0, 0.1) is 0 Å². The average molecular weight is 360 g/mol. The van der Waals surface area contributed by atoms with Crippen molar-refractivity contribution in [2.24, 2.45) is 0 Å². The second-order valence-electron chi connectivity index (χ2n) is 5.56. The summed E-state index contributed by atoms with van der Waals surface area (Å²) in [6, 6.07) is 1.01. The molecule has 1 aliphatic heterocycles. The highest BCUT2D eigenvalue weighted by molar-refractivity contribution is 7.17. The third-order valence-corrected chi connectivity index (χ3v) is 5.01. The SMILES string of the molecule is COC(=O)c1csc2c(C(F)(F)F)cc(N3CCC(O)CC3)nc12. The number of fused-ring (bicyclic) bond motifs is 1. The molecule has 0 aliphatic carbocycles. The van der Waals surface area contributed by atoms with E-state index in [1.165, 1.54) is 12.5 Å². The molecule has 0 saturated carbocycles. The minimum Gasteiger partial charge on any atom is -0.465 e. The number of hydrogen-bond donors (Lipinski definition) is 1. The Morgan fingerprint density at radius 2 is 2.08 bits per heavy atom. The fraction of sp³-hybridized carbons (Fsp3) is 0.467. The molecule has 1 aliphatic rings. The van der Waals surface area contributed by atoms with Crippen LogP contribution >= 0.6 is 11.3 Å². The predicted molar refractivity (Wildman–Crippen MR) is 83.4 cm³/mol. The number of alkyl halides is 3. The van der Waals surface area contributed by atoms with Crippen molar-refractivity contribution in [3.8, 4) is 0 Å². The highest BCUT2D eigenvalue weighted by Gasteiger charge is 2.36. The number of esters is 1. The van der Waals surface area contributed by atoms with Gasteiger partial charge >= 0.3 is 12.1 Å². The van der Waals surface area contributed by atoms with Crippen molar-refractivity contribution in [1.82, 2.24) is 4.98 Å². The third-order valence-electron chi connectivity index (χ3n) is 4.01. The van der Waals surface area contributed by atoms with Gasteiger partial charge in [-0.15, -0.1) is 11.3 Å². The van der Waals surface area contributed by atoms with E-state index in [-0.39, 0.29) is 21.6 Å². The second-order valence-corrected chi connectivity index (χ2v) is 6.44. The summed E-state index contributed by atoms with van der Waals surface area (Å²) in [5, 5.41) is 10.9. The van der Waals surface area contributed by atoms with Gasteiger partial charge in [0.05, 0.1) is 34.6 Å². The van der Waals surface area contributed by atoms with Crippen LogP contribution in [-0.4, -0.2) is 42.4 Å². The number of methoxy groups -OCH3 is 1. The van der Waals surface area contributed by atoms with Crippen LogP contribution in [0.2, 0.25) is 0 Å². The Morgan fingerprint density at radius 3 is 2.67 bits per heavy atom. The third kappa shape index (κ3) is 3.05. The summed E-state index contributed by atoms with van der Waals surface area (Å²) in [4.78, 5) is 17.8. The first-order valence-electron chi connectivity index (χ1n) is 7.32. The number of ether oxygens (including phenoxy) is 1. The van der Waals surface area contributed by atoms with E-state index < -0.39 is 23.8 Å². The van der Waals surface area contributed by atoms with Crippen LogP contribution in [0.1, 0.15) is 28.8 Å². The Kier molecular flexibility index (Phi) is 4.39. The molecule has 3 rings (SSSR count). The number of aromatic nitrogens is 1. The Bertz CT molecular complexity index is 767.